The van der Waals surface area contributed by atoms with Gasteiger partial charge in [0.05, 0.1) is 5.75 Å². The fourth-order valence-electron chi connectivity index (χ4n) is 3.91. The number of likely N-dealkylation sites (N-methyl/N-ethyl adjacent to an activating group) is 1. The number of ether oxygens (including phenoxy) is 1. The smallest absolute Gasteiger partial charge is 0.218 e. The zero-order valence-corrected chi connectivity index (χ0v) is 17.2. The van der Waals surface area contributed by atoms with Crippen molar-refractivity contribution in [1.82, 2.24) is 14.1 Å². The van der Waals surface area contributed by atoms with Gasteiger partial charge in [-0.2, -0.15) is 4.31 Å². The Balaban J connectivity index is 1.61. The maximum absolute atomic E-state index is 13.2. The van der Waals surface area contributed by atoms with Gasteiger partial charge in [-0.3, -0.25) is 0 Å². The van der Waals surface area contributed by atoms with Crippen LogP contribution in [0, 0.1) is 0 Å². The van der Waals surface area contributed by atoms with Crippen LogP contribution in [0.4, 0.5) is 0 Å². The molecule has 27 heavy (non-hydrogen) atoms. The number of rotatable bonds is 8. The number of sulfonamides is 1. The topological polar surface area (TPSA) is 53.1 Å². The Morgan fingerprint density at radius 2 is 1.74 bits per heavy atom. The Bertz CT molecular complexity index is 654. The van der Waals surface area contributed by atoms with Gasteiger partial charge in [-0.1, -0.05) is 30.3 Å². The fraction of sp³-hybridized carbons (Fsp3) is 0.700. The lowest BCUT2D eigenvalue weighted by molar-refractivity contribution is 0.0571. The molecule has 0 spiro atoms. The summed E-state index contributed by atoms with van der Waals surface area (Å²) in [5.41, 5.74) is 0.855. The molecular formula is C20H33N3O3S. The molecule has 3 rings (SSSR count). The van der Waals surface area contributed by atoms with Gasteiger partial charge in [-0.15, -0.1) is 0 Å². The van der Waals surface area contributed by atoms with Gasteiger partial charge >= 0.3 is 0 Å². The Morgan fingerprint density at radius 3 is 2.41 bits per heavy atom. The van der Waals surface area contributed by atoms with Crippen LogP contribution in [-0.2, 0) is 20.5 Å². The predicted molar refractivity (Wildman–Crippen MR) is 108 cm³/mol. The van der Waals surface area contributed by atoms with Gasteiger partial charge in [-0.05, 0) is 38.4 Å². The molecule has 0 bridgehead atoms. The molecule has 2 aliphatic heterocycles. The summed E-state index contributed by atoms with van der Waals surface area (Å²) in [7, 11) is -1.18. The summed E-state index contributed by atoms with van der Waals surface area (Å²) in [6.45, 7) is 7.21. The first-order valence-electron chi connectivity index (χ1n) is 10.1. The van der Waals surface area contributed by atoms with E-state index in [0.29, 0.717) is 19.8 Å². The minimum atomic E-state index is -3.34. The Morgan fingerprint density at radius 1 is 1.07 bits per heavy atom. The standard InChI is InChI=1S/C20H33N3O3S/c1-21-12-14-22(15-13-21)10-5-11-23(20-8-16-26-17-9-20)27(24,25)18-19-6-3-2-4-7-19/h2-4,6-7,20H,5,8-18H2,1H3. The third-order valence-electron chi connectivity index (χ3n) is 5.60. The molecule has 0 radical (unpaired) electrons. The highest BCUT2D eigenvalue weighted by Gasteiger charge is 2.31. The fourth-order valence-corrected chi connectivity index (χ4v) is 5.76. The molecule has 0 aromatic heterocycles. The van der Waals surface area contributed by atoms with E-state index < -0.39 is 10.0 Å². The molecule has 0 unspecified atom stereocenters. The van der Waals surface area contributed by atoms with E-state index in [4.69, 9.17) is 4.74 Å². The van der Waals surface area contributed by atoms with Crippen LogP contribution < -0.4 is 0 Å². The summed E-state index contributed by atoms with van der Waals surface area (Å²) in [4.78, 5) is 4.79. The second-order valence-corrected chi connectivity index (χ2v) is 9.62. The normalized spacial score (nSPS) is 21.0. The maximum Gasteiger partial charge on any atom is 0.218 e. The second-order valence-electron chi connectivity index (χ2n) is 7.69. The summed E-state index contributed by atoms with van der Waals surface area (Å²) in [6, 6.07) is 9.57. The molecule has 6 nitrogen and oxygen atoms in total. The minimum absolute atomic E-state index is 0.0694. The largest absolute Gasteiger partial charge is 0.381 e. The van der Waals surface area contributed by atoms with Crippen molar-refractivity contribution in [3.63, 3.8) is 0 Å². The molecular weight excluding hydrogens is 362 g/mol. The van der Waals surface area contributed by atoms with Crippen molar-refractivity contribution in [1.29, 1.82) is 0 Å². The molecule has 0 aliphatic carbocycles. The lowest BCUT2D eigenvalue weighted by Gasteiger charge is -2.35. The monoisotopic (exact) mass is 395 g/mol. The molecule has 152 valence electrons. The molecule has 7 heteroatoms. The first-order valence-corrected chi connectivity index (χ1v) is 11.7. The van der Waals surface area contributed by atoms with Crippen LogP contribution in [-0.4, -0.2) is 88.1 Å². The quantitative estimate of drug-likeness (QED) is 0.670. The van der Waals surface area contributed by atoms with Gasteiger partial charge in [0.15, 0.2) is 0 Å². The first-order chi connectivity index (χ1) is 13.0. The van der Waals surface area contributed by atoms with E-state index in [1.165, 1.54) is 0 Å². The number of piperazine rings is 1. The van der Waals surface area contributed by atoms with Crippen LogP contribution in [0.3, 0.4) is 0 Å². The Kier molecular flexibility index (Phi) is 7.66. The average Bonchev–Trinajstić information content (AvgIpc) is 2.67. The minimum Gasteiger partial charge on any atom is -0.381 e. The molecule has 2 fully saturated rings. The zero-order chi connectivity index (χ0) is 19.1. The molecule has 0 N–H and O–H groups in total. The highest BCUT2D eigenvalue weighted by atomic mass is 32.2. The first kappa shape index (κ1) is 20.7. The molecule has 2 heterocycles. The number of hydrogen-bond acceptors (Lipinski definition) is 5. The van der Waals surface area contributed by atoms with E-state index in [1.54, 1.807) is 4.31 Å². The molecule has 1 aromatic carbocycles. The SMILES string of the molecule is CN1CCN(CCCN(C2CCOCC2)S(=O)(=O)Cc2ccccc2)CC1. The van der Waals surface area contributed by atoms with Gasteiger partial charge in [0.2, 0.25) is 10.0 Å². The van der Waals surface area contributed by atoms with E-state index in [2.05, 4.69) is 16.8 Å². The van der Waals surface area contributed by atoms with Crippen LogP contribution >= 0.6 is 0 Å². The molecule has 2 aliphatic rings. The highest BCUT2D eigenvalue weighted by Crippen LogP contribution is 2.21. The third kappa shape index (κ3) is 6.26. The lowest BCUT2D eigenvalue weighted by atomic mass is 10.1. The summed E-state index contributed by atoms with van der Waals surface area (Å²) in [5.74, 6) is 0.0830. The average molecular weight is 396 g/mol. The van der Waals surface area contributed by atoms with Gasteiger partial charge < -0.3 is 14.5 Å². The summed E-state index contributed by atoms with van der Waals surface area (Å²) in [6.07, 6.45) is 2.47. The van der Waals surface area contributed by atoms with E-state index in [1.807, 2.05) is 30.3 Å². The van der Waals surface area contributed by atoms with Crippen molar-refractivity contribution in [2.75, 3.05) is 59.5 Å². The number of nitrogens with zero attached hydrogens (tertiary/aromatic N) is 3. The lowest BCUT2D eigenvalue weighted by Crippen LogP contribution is -2.47. The number of benzene rings is 1. The summed E-state index contributed by atoms with van der Waals surface area (Å²) in [5, 5.41) is 0. The van der Waals surface area contributed by atoms with E-state index >= 15 is 0 Å². The molecule has 2 saturated heterocycles. The van der Waals surface area contributed by atoms with Gasteiger partial charge in [-0.25, -0.2) is 8.42 Å². The third-order valence-corrected chi connectivity index (χ3v) is 7.49. The second kappa shape index (κ2) is 9.98. The van der Waals surface area contributed by atoms with Crippen molar-refractivity contribution in [3.05, 3.63) is 35.9 Å². The Labute approximate surface area is 164 Å². The predicted octanol–water partition coefficient (Wildman–Crippen LogP) is 1.63. The molecule has 1 aromatic rings. The van der Waals surface area contributed by atoms with E-state index in [-0.39, 0.29) is 11.8 Å². The molecule has 0 atom stereocenters. The molecule has 0 amide bonds. The van der Waals surface area contributed by atoms with Crippen molar-refractivity contribution in [3.8, 4) is 0 Å². The van der Waals surface area contributed by atoms with Gasteiger partial charge in [0.1, 0.15) is 0 Å². The van der Waals surface area contributed by atoms with E-state index in [9.17, 15) is 8.42 Å². The summed E-state index contributed by atoms with van der Waals surface area (Å²) >= 11 is 0. The van der Waals surface area contributed by atoms with Crippen molar-refractivity contribution < 1.29 is 13.2 Å². The number of hydrogen-bond donors (Lipinski definition) is 0. The van der Waals surface area contributed by atoms with Gasteiger partial charge in [0.25, 0.3) is 0 Å². The van der Waals surface area contributed by atoms with Crippen molar-refractivity contribution in [2.45, 2.75) is 31.1 Å². The van der Waals surface area contributed by atoms with Crippen molar-refractivity contribution >= 4 is 10.0 Å². The van der Waals surface area contributed by atoms with Crippen LogP contribution in [0.25, 0.3) is 0 Å². The van der Waals surface area contributed by atoms with Crippen molar-refractivity contribution in [2.24, 2.45) is 0 Å². The van der Waals surface area contributed by atoms with Crippen LogP contribution in [0.5, 0.6) is 0 Å². The van der Waals surface area contributed by atoms with Crippen LogP contribution in [0.2, 0.25) is 0 Å². The van der Waals surface area contributed by atoms with Crippen LogP contribution in [0.15, 0.2) is 30.3 Å². The maximum atomic E-state index is 13.2. The Hall–Kier alpha value is -0.990. The molecule has 0 saturated carbocycles. The zero-order valence-electron chi connectivity index (χ0n) is 16.4. The van der Waals surface area contributed by atoms with E-state index in [0.717, 1.165) is 57.5 Å². The van der Waals surface area contributed by atoms with Gasteiger partial charge in [0, 0.05) is 52.0 Å². The highest BCUT2D eigenvalue weighted by molar-refractivity contribution is 7.88. The summed E-state index contributed by atoms with van der Waals surface area (Å²) < 4.78 is 33.6. The van der Waals surface area contributed by atoms with Crippen LogP contribution in [0.1, 0.15) is 24.8 Å².